The Morgan fingerprint density at radius 2 is 2.06 bits per heavy atom. The molecule has 1 aromatic rings. The van der Waals surface area contributed by atoms with E-state index in [1.54, 1.807) is 11.1 Å². The van der Waals surface area contributed by atoms with Crippen molar-refractivity contribution in [2.24, 2.45) is 0 Å². The maximum atomic E-state index is 12.0. The van der Waals surface area contributed by atoms with Gasteiger partial charge in [0.25, 0.3) is 0 Å². The number of morpholine rings is 1. The highest BCUT2D eigenvalue weighted by molar-refractivity contribution is 6.30. The molecule has 3 rings (SSSR count). The number of amides is 2. The van der Waals surface area contributed by atoms with Crippen molar-refractivity contribution >= 4 is 23.3 Å². The Bertz CT molecular complexity index is 474. The molecule has 0 spiro atoms. The Balaban J connectivity index is 1.83. The number of carbonyl (C=O) groups is 1. The van der Waals surface area contributed by atoms with Crippen LogP contribution in [0, 0.1) is 0 Å². The molecule has 2 aliphatic heterocycles. The number of carbonyl (C=O) groups excluding carboxylic acids is 1. The molecule has 6 heteroatoms. The monoisotopic (exact) mass is 267 g/mol. The molecule has 1 N–H and O–H groups in total. The van der Waals surface area contributed by atoms with E-state index in [-0.39, 0.29) is 6.03 Å². The number of nitrogens with one attached hydrogen (secondary N) is 1. The van der Waals surface area contributed by atoms with Crippen molar-refractivity contribution in [2.75, 3.05) is 31.6 Å². The minimum absolute atomic E-state index is 0.0910. The second-order valence-corrected chi connectivity index (χ2v) is 4.79. The molecule has 2 amide bonds. The van der Waals surface area contributed by atoms with E-state index in [1.165, 1.54) is 0 Å². The van der Waals surface area contributed by atoms with E-state index in [9.17, 15) is 4.79 Å². The van der Waals surface area contributed by atoms with Crippen LogP contribution in [0.1, 0.15) is 5.56 Å². The zero-order valence-corrected chi connectivity index (χ0v) is 10.6. The Kier molecular flexibility index (Phi) is 3.11. The number of hydrogen-bond acceptors (Lipinski definition) is 3. The van der Waals surface area contributed by atoms with Gasteiger partial charge >= 0.3 is 6.03 Å². The predicted molar refractivity (Wildman–Crippen MR) is 68.4 cm³/mol. The van der Waals surface area contributed by atoms with E-state index in [0.717, 1.165) is 24.3 Å². The Morgan fingerprint density at radius 3 is 2.83 bits per heavy atom. The lowest BCUT2D eigenvalue weighted by Crippen LogP contribution is -2.54. The SMILES string of the molecule is O=C1Nc2ccc(Cl)cc2CN1N1CCOCC1. The lowest BCUT2D eigenvalue weighted by atomic mass is 10.1. The molecule has 2 heterocycles. The molecule has 18 heavy (non-hydrogen) atoms. The van der Waals surface area contributed by atoms with Gasteiger partial charge in [0.15, 0.2) is 0 Å². The first-order valence-electron chi connectivity index (χ1n) is 5.93. The van der Waals surface area contributed by atoms with Gasteiger partial charge in [-0.25, -0.2) is 9.80 Å². The van der Waals surface area contributed by atoms with Crippen LogP contribution in [0.2, 0.25) is 5.02 Å². The molecule has 0 aliphatic carbocycles. The van der Waals surface area contributed by atoms with Crippen LogP contribution < -0.4 is 5.32 Å². The van der Waals surface area contributed by atoms with Gasteiger partial charge < -0.3 is 10.1 Å². The second kappa shape index (κ2) is 4.76. The topological polar surface area (TPSA) is 44.8 Å². The molecular weight excluding hydrogens is 254 g/mol. The molecule has 2 aliphatic rings. The summed E-state index contributed by atoms with van der Waals surface area (Å²) in [5, 5.41) is 7.31. The number of benzene rings is 1. The summed E-state index contributed by atoms with van der Waals surface area (Å²) < 4.78 is 5.29. The lowest BCUT2D eigenvalue weighted by Gasteiger charge is -2.39. The zero-order chi connectivity index (χ0) is 12.5. The van der Waals surface area contributed by atoms with Crippen LogP contribution in [0.15, 0.2) is 18.2 Å². The van der Waals surface area contributed by atoms with Crippen molar-refractivity contribution < 1.29 is 9.53 Å². The Hall–Kier alpha value is -1.30. The highest BCUT2D eigenvalue weighted by Crippen LogP contribution is 2.27. The summed E-state index contributed by atoms with van der Waals surface area (Å²) in [5.74, 6) is 0. The van der Waals surface area contributed by atoms with Gasteiger partial charge in [-0.1, -0.05) is 11.6 Å². The normalized spacial score (nSPS) is 20.5. The average Bonchev–Trinajstić information content (AvgIpc) is 2.39. The molecular formula is C12H14ClN3O2. The van der Waals surface area contributed by atoms with Crippen molar-refractivity contribution in [2.45, 2.75) is 6.54 Å². The van der Waals surface area contributed by atoms with Crippen LogP contribution >= 0.6 is 11.6 Å². The Labute approximate surface area is 110 Å². The number of hydrogen-bond donors (Lipinski definition) is 1. The largest absolute Gasteiger partial charge is 0.379 e. The van der Waals surface area contributed by atoms with Gasteiger partial charge in [0.05, 0.1) is 19.8 Å². The van der Waals surface area contributed by atoms with E-state index >= 15 is 0 Å². The molecule has 1 aromatic carbocycles. The van der Waals surface area contributed by atoms with Crippen LogP contribution in [0.4, 0.5) is 10.5 Å². The van der Waals surface area contributed by atoms with Gasteiger partial charge in [0, 0.05) is 23.8 Å². The van der Waals surface area contributed by atoms with Crippen molar-refractivity contribution in [3.05, 3.63) is 28.8 Å². The number of fused-ring (bicyclic) bond motifs is 1. The average molecular weight is 268 g/mol. The third kappa shape index (κ3) is 2.16. The van der Waals surface area contributed by atoms with Crippen LogP contribution in [0.25, 0.3) is 0 Å². The van der Waals surface area contributed by atoms with E-state index in [1.807, 2.05) is 17.1 Å². The molecule has 96 valence electrons. The van der Waals surface area contributed by atoms with E-state index in [2.05, 4.69) is 5.32 Å². The molecule has 0 saturated carbocycles. The van der Waals surface area contributed by atoms with E-state index in [4.69, 9.17) is 16.3 Å². The molecule has 0 bridgehead atoms. The number of anilines is 1. The summed E-state index contributed by atoms with van der Waals surface area (Å²) in [4.78, 5) is 12.0. The number of urea groups is 1. The standard InChI is InChI=1S/C12H14ClN3O2/c13-10-1-2-11-9(7-10)8-16(12(17)14-11)15-3-5-18-6-4-15/h1-2,7H,3-6,8H2,(H,14,17). The summed E-state index contributed by atoms with van der Waals surface area (Å²) in [6.07, 6.45) is 0. The van der Waals surface area contributed by atoms with Gasteiger partial charge in [0.1, 0.15) is 0 Å². The van der Waals surface area contributed by atoms with Crippen molar-refractivity contribution in [3.63, 3.8) is 0 Å². The zero-order valence-electron chi connectivity index (χ0n) is 9.86. The number of hydrazine groups is 1. The van der Waals surface area contributed by atoms with Gasteiger partial charge in [-0.05, 0) is 23.8 Å². The van der Waals surface area contributed by atoms with Crippen LogP contribution in [0.5, 0.6) is 0 Å². The summed E-state index contributed by atoms with van der Waals surface area (Å²) in [6.45, 7) is 3.35. The summed E-state index contributed by atoms with van der Waals surface area (Å²) >= 11 is 5.98. The molecule has 0 atom stereocenters. The minimum atomic E-state index is -0.0910. The lowest BCUT2D eigenvalue weighted by molar-refractivity contribution is -0.0651. The maximum Gasteiger partial charge on any atom is 0.336 e. The smallest absolute Gasteiger partial charge is 0.336 e. The molecule has 0 aromatic heterocycles. The predicted octanol–water partition coefficient (Wildman–Crippen LogP) is 1.93. The van der Waals surface area contributed by atoms with Crippen LogP contribution in [0.3, 0.4) is 0 Å². The van der Waals surface area contributed by atoms with Gasteiger partial charge in [0.2, 0.25) is 0 Å². The van der Waals surface area contributed by atoms with Crippen LogP contribution in [-0.2, 0) is 11.3 Å². The number of nitrogens with zero attached hydrogens (tertiary/aromatic N) is 2. The first kappa shape index (κ1) is 11.8. The van der Waals surface area contributed by atoms with Crippen molar-refractivity contribution in [1.82, 2.24) is 10.0 Å². The molecule has 1 saturated heterocycles. The summed E-state index contributed by atoms with van der Waals surface area (Å²) in [7, 11) is 0. The first-order valence-corrected chi connectivity index (χ1v) is 6.31. The van der Waals surface area contributed by atoms with Crippen molar-refractivity contribution in [1.29, 1.82) is 0 Å². The van der Waals surface area contributed by atoms with E-state index in [0.29, 0.717) is 24.8 Å². The molecule has 0 radical (unpaired) electrons. The second-order valence-electron chi connectivity index (χ2n) is 4.36. The summed E-state index contributed by atoms with van der Waals surface area (Å²) in [6, 6.07) is 5.42. The fourth-order valence-electron chi connectivity index (χ4n) is 2.25. The first-order chi connectivity index (χ1) is 8.74. The number of halogens is 1. The third-order valence-electron chi connectivity index (χ3n) is 3.19. The molecule has 0 unspecified atom stereocenters. The maximum absolute atomic E-state index is 12.0. The third-order valence-corrected chi connectivity index (χ3v) is 3.43. The van der Waals surface area contributed by atoms with Gasteiger partial charge in [-0.2, -0.15) is 0 Å². The Morgan fingerprint density at radius 1 is 1.28 bits per heavy atom. The minimum Gasteiger partial charge on any atom is -0.379 e. The fraction of sp³-hybridized carbons (Fsp3) is 0.417. The molecule has 1 fully saturated rings. The highest BCUT2D eigenvalue weighted by Gasteiger charge is 2.28. The van der Waals surface area contributed by atoms with Gasteiger partial charge in [-0.3, -0.25) is 5.01 Å². The number of rotatable bonds is 1. The quantitative estimate of drug-likeness (QED) is 0.846. The van der Waals surface area contributed by atoms with Crippen LogP contribution in [-0.4, -0.2) is 42.4 Å². The fourth-order valence-corrected chi connectivity index (χ4v) is 2.45. The van der Waals surface area contributed by atoms with Gasteiger partial charge in [-0.15, -0.1) is 0 Å². The van der Waals surface area contributed by atoms with Crippen molar-refractivity contribution in [3.8, 4) is 0 Å². The number of ether oxygens (including phenoxy) is 1. The highest BCUT2D eigenvalue weighted by atomic mass is 35.5. The molecule has 5 nitrogen and oxygen atoms in total. The van der Waals surface area contributed by atoms with E-state index < -0.39 is 0 Å². The summed E-state index contributed by atoms with van der Waals surface area (Å²) in [5.41, 5.74) is 1.88.